The molecule has 3 nitrogen and oxygen atoms in total. The van der Waals surface area contributed by atoms with Crippen molar-refractivity contribution in [1.82, 2.24) is 0 Å². The van der Waals surface area contributed by atoms with Crippen LogP contribution in [0.1, 0.15) is 17.5 Å². The minimum absolute atomic E-state index is 0. The quantitative estimate of drug-likeness (QED) is 0.849. The standard InChI is InChI=1S/C10H9F3N2O.ClH/c11-10(12,13)7-3-1-6(2-4-7)8-5-9(14)16-15-8;/h1-4,9H,5,14H2;1H. The summed E-state index contributed by atoms with van der Waals surface area (Å²) in [4.78, 5) is 4.76. The van der Waals surface area contributed by atoms with Crippen LogP contribution < -0.4 is 5.73 Å². The highest BCUT2D eigenvalue weighted by molar-refractivity contribution is 6.01. The van der Waals surface area contributed by atoms with Gasteiger partial charge in [0.2, 0.25) is 0 Å². The molecular formula is C10H10ClF3N2O. The number of oxime groups is 1. The van der Waals surface area contributed by atoms with Gasteiger partial charge < -0.3 is 4.84 Å². The minimum atomic E-state index is -4.32. The first-order valence-electron chi connectivity index (χ1n) is 4.63. The molecule has 1 aliphatic rings. The molecule has 1 aliphatic heterocycles. The van der Waals surface area contributed by atoms with E-state index in [1.165, 1.54) is 12.1 Å². The van der Waals surface area contributed by atoms with E-state index < -0.39 is 18.0 Å². The SMILES string of the molecule is Cl.NC1CC(c2ccc(C(F)(F)F)cc2)=NO1. The predicted octanol–water partition coefficient (Wildman–Crippen LogP) is 2.54. The first kappa shape index (κ1) is 13.8. The lowest BCUT2D eigenvalue weighted by Gasteiger charge is -2.06. The van der Waals surface area contributed by atoms with Crippen molar-refractivity contribution in [1.29, 1.82) is 0 Å². The van der Waals surface area contributed by atoms with Crippen LogP contribution in [-0.4, -0.2) is 11.9 Å². The highest BCUT2D eigenvalue weighted by Gasteiger charge is 2.30. The fraction of sp³-hybridized carbons (Fsp3) is 0.300. The van der Waals surface area contributed by atoms with E-state index in [1.807, 2.05) is 0 Å². The third-order valence-corrected chi connectivity index (χ3v) is 2.24. The molecule has 2 N–H and O–H groups in total. The Morgan fingerprint density at radius 2 is 1.82 bits per heavy atom. The second kappa shape index (κ2) is 4.93. The molecule has 0 radical (unpaired) electrons. The summed E-state index contributed by atoms with van der Waals surface area (Å²) in [5.74, 6) is 0. The Bertz CT molecular complexity index is 417. The van der Waals surface area contributed by atoms with Crippen LogP contribution in [-0.2, 0) is 11.0 Å². The van der Waals surface area contributed by atoms with Gasteiger partial charge in [0.1, 0.15) is 0 Å². The Kier molecular flexibility index (Phi) is 4.00. The molecule has 94 valence electrons. The van der Waals surface area contributed by atoms with E-state index in [0.717, 1.165) is 12.1 Å². The van der Waals surface area contributed by atoms with Crippen molar-refractivity contribution in [3.8, 4) is 0 Å². The van der Waals surface area contributed by atoms with E-state index in [-0.39, 0.29) is 12.4 Å². The summed E-state index contributed by atoms with van der Waals surface area (Å²) in [5.41, 5.74) is 5.93. The van der Waals surface area contributed by atoms with Crippen molar-refractivity contribution in [2.75, 3.05) is 0 Å². The molecule has 0 spiro atoms. The van der Waals surface area contributed by atoms with Gasteiger partial charge >= 0.3 is 6.18 Å². The first-order valence-corrected chi connectivity index (χ1v) is 4.63. The summed E-state index contributed by atoms with van der Waals surface area (Å²) in [5, 5.41) is 3.69. The maximum Gasteiger partial charge on any atom is 0.416 e. The molecule has 0 amide bonds. The van der Waals surface area contributed by atoms with E-state index in [2.05, 4.69) is 5.16 Å². The van der Waals surface area contributed by atoms with Crippen LogP contribution in [0.5, 0.6) is 0 Å². The number of alkyl halides is 3. The molecule has 7 heteroatoms. The largest absolute Gasteiger partial charge is 0.416 e. The van der Waals surface area contributed by atoms with E-state index >= 15 is 0 Å². The zero-order chi connectivity index (χ0) is 11.8. The molecule has 1 heterocycles. The zero-order valence-electron chi connectivity index (χ0n) is 8.57. The maximum atomic E-state index is 12.3. The first-order chi connectivity index (χ1) is 7.47. The van der Waals surface area contributed by atoms with Crippen molar-refractivity contribution in [3.63, 3.8) is 0 Å². The molecule has 2 rings (SSSR count). The van der Waals surface area contributed by atoms with Crippen molar-refractivity contribution in [2.24, 2.45) is 10.9 Å². The summed E-state index contributed by atoms with van der Waals surface area (Å²) in [7, 11) is 0. The number of hydrogen-bond acceptors (Lipinski definition) is 3. The van der Waals surface area contributed by atoms with Crippen LogP contribution >= 0.6 is 12.4 Å². The predicted molar refractivity (Wildman–Crippen MR) is 58.9 cm³/mol. The van der Waals surface area contributed by atoms with E-state index in [0.29, 0.717) is 17.7 Å². The van der Waals surface area contributed by atoms with E-state index in [9.17, 15) is 13.2 Å². The molecule has 1 atom stereocenters. The third kappa shape index (κ3) is 3.10. The minimum Gasteiger partial charge on any atom is -0.376 e. The number of nitrogens with two attached hydrogens (primary N) is 1. The highest BCUT2D eigenvalue weighted by Crippen LogP contribution is 2.29. The van der Waals surface area contributed by atoms with Crippen LogP contribution in [0.4, 0.5) is 13.2 Å². The number of halogens is 4. The van der Waals surface area contributed by atoms with Gasteiger partial charge in [0.25, 0.3) is 0 Å². The van der Waals surface area contributed by atoms with Crippen molar-refractivity contribution >= 4 is 18.1 Å². The van der Waals surface area contributed by atoms with E-state index in [4.69, 9.17) is 10.6 Å². The summed E-state index contributed by atoms with van der Waals surface area (Å²) >= 11 is 0. The molecule has 0 aromatic heterocycles. The summed E-state index contributed by atoms with van der Waals surface area (Å²) in [6, 6.07) is 4.76. The van der Waals surface area contributed by atoms with Crippen molar-refractivity contribution in [2.45, 2.75) is 18.8 Å². The summed E-state index contributed by atoms with van der Waals surface area (Å²) in [6.45, 7) is 0. The van der Waals surface area contributed by atoms with Crippen LogP contribution in [0.25, 0.3) is 0 Å². The van der Waals surface area contributed by atoms with Gasteiger partial charge in [-0.1, -0.05) is 17.3 Å². The zero-order valence-corrected chi connectivity index (χ0v) is 9.39. The lowest BCUT2D eigenvalue weighted by molar-refractivity contribution is -0.137. The Morgan fingerprint density at radius 3 is 2.24 bits per heavy atom. The van der Waals surface area contributed by atoms with Gasteiger partial charge in [0, 0.05) is 6.42 Å². The molecule has 0 saturated carbocycles. The monoisotopic (exact) mass is 266 g/mol. The fourth-order valence-electron chi connectivity index (χ4n) is 1.42. The van der Waals surface area contributed by atoms with Gasteiger partial charge in [0.05, 0.1) is 11.3 Å². The molecular weight excluding hydrogens is 257 g/mol. The van der Waals surface area contributed by atoms with Crippen molar-refractivity contribution < 1.29 is 18.0 Å². The van der Waals surface area contributed by atoms with Crippen LogP contribution in [0, 0.1) is 0 Å². The molecule has 17 heavy (non-hydrogen) atoms. The van der Waals surface area contributed by atoms with Gasteiger partial charge in [-0.05, 0) is 17.7 Å². The smallest absolute Gasteiger partial charge is 0.376 e. The Hall–Kier alpha value is -1.27. The van der Waals surface area contributed by atoms with Crippen molar-refractivity contribution in [3.05, 3.63) is 35.4 Å². The Balaban J connectivity index is 0.00000144. The lowest BCUT2D eigenvalue weighted by atomic mass is 10.1. The maximum absolute atomic E-state index is 12.3. The lowest BCUT2D eigenvalue weighted by Crippen LogP contribution is -2.19. The summed E-state index contributed by atoms with van der Waals surface area (Å²) in [6.07, 6.45) is -4.41. The third-order valence-electron chi connectivity index (χ3n) is 2.24. The molecule has 1 aromatic rings. The van der Waals surface area contributed by atoms with Gasteiger partial charge in [-0.3, -0.25) is 5.73 Å². The highest BCUT2D eigenvalue weighted by atomic mass is 35.5. The summed E-state index contributed by atoms with van der Waals surface area (Å²) < 4.78 is 36.9. The van der Waals surface area contributed by atoms with E-state index in [1.54, 1.807) is 0 Å². The Labute approximate surface area is 102 Å². The average molecular weight is 267 g/mol. The van der Waals surface area contributed by atoms with Gasteiger partial charge in [-0.2, -0.15) is 13.2 Å². The second-order valence-electron chi connectivity index (χ2n) is 3.46. The number of rotatable bonds is 1. The Morgan fingerprint density at radius 1 is 1.24 bits per heavy atom. The number of hydrogen-bond donors (Lipinski definition) is 1. The van der Waals surface area contributed by atoms with Gasteiger partial charge in [-0.25, -0.2) is 0 Å². The molecule has 1 unspecified atom stereocenters. The average Bonchev–Trinajstić information content (AvgIpc) is 2.64. The van der Waals surface area contributed by atoms with Crippen LogP contribution in [0.2, 0.25) is 0 Å². The molecule has 0 saturated heterocycles. The topological polar surface area (TPSA) is 47.6 Å². The number of nitrogens with zero attached hydrogens (tertiary/aromatic N) is 1. The van der Waals surface area contributed by atoms with Gasteiger partial charge in [0.15, 0.2) is 6.23 Å². The van der Waals surface area contributed by atoms with Gasteiger partial charge in [-0.15, -0.1) is 12.4 Å². The molecule has 0 fully saturated rings. The normalized spacial score (nSPS) is 19.3. The van der Waals surface area contributed by atoms with Crippen LogP contribution in [0.3, 0.4) is 0 Å². The fourth-order valence-corrected chi connectivity index (χ4v) is 1.42. The number of benzene rings is 1. The van der Waals surface area contributed by atoms with Crippen LogP contribution in [0.15, 0.2) is 29.4 Å². The second-order valence-corrected chi connectivity index (χ2v) is 3.46. The molecule has 0 aliphatic carbocycles. The molecule has 0 bridgehead atoms. The molecule has 1 aromatic carbocycles.